The molecule has 1 aromatic carbocycles. The summed E-state index contributed by atoms with van der Waals surface area (Å²) in [5, 5.41) is 17.0. The van der Waals surface area contributed by atoms with E-state index in [1.54, 1.807) is 18.3 Å². The van der Waals surface area contributed by atoms with Crippen LogP contribution in [0, 0.1) is 0 Å². The van der Waals surface area contributed by atoms with Gasteiger partial charge in [-0.15, -0.1) is 0 Å². The molecule has 94 valence electrons. The van der Waals surface area contributed by atoms with E-state index in [9.17, 15) is 5.11 Å². The summed E-state index contributed by atoms with van der Waals surface area (Å²) in [6, 6.07) is 7.39. The summed E-state index contributed by atoms with van der Waals surface area (Å²) in [6.07, 6.45) is 1.79. The van der Waals surface area contributed by atoms with E-state index in [0.717, 1.165) is 23.6 Å². The maximum atomic E-state index is 9.39. The van der Waals surface area contributed by atoms with Crippen LogP contribution in [0.1, 0.15) is 17.3 Å². The Morgan fingerprint density at radius 2 is 2.39 bits per heavy atom. The summed E-state index contributed by atoms with van der Waals surface area (Å²) in [5.74, 6) is 0.999. The Hall–Kier alpha value is -2.01. The van der Waals surface area contributed by atoms with E-state index in [1.165, 1.54) is 0 Å². The zero-order valence-electron chi connectivity index (χ0n) is 10.1. The molecule has 5 heteroatoms. The minimum Gasteiger partial charge on any atom is -0.508 e. The number of fused-ring (bicyclic) bond motifs is 1. The van der Waals surface area contributed by atoms with Gasteiger partial charge in [0.05, 0.1) is 11.7 Å². The Morgan fingerprint density at radius 1 is 1.50 bits per heavy atom. The quantitative estimate of drug-likeness (QED) is 0.857. The number of rotatable bonds is 3. The van der Waals surface area contributed by atoms with E-state index in [0.29, 0.717) is 6.61 Å². The molecule has 1 aliphatic rings. The lowest BCUT2D eigenvalue weighted by atomic mass is 10.1. The molecule has 2 aromatic rings. The van der Waals surface area contributed by atoms with E-state index >= 15 is 0 Å². The molecule has 5 nitrogen and oxygen atoms in total. The molecule has 2 N–H and O–H groups in total. The highest BCUT2D eigenvalue weighted by atomic mass is 16.5. The Morgan fingerprint density at radius 3 is 3.17 bits per heavy atom. The van der Waals surface area contributed by atoms with Crippen molar-refractivity contribution in [3.05, 3.63) is 41.7 Å². The largest absolute Gasteiger partial charge is 0.508 e. The lowest BCUT2D eigenvalue weighted by molar-refractivity contribution is 0.308. The lowest BCUT2D eigenvalue weighted by Gasteiger charge is -2.11. The number of hydrogen-bond donors (Lipinski definition) is 2. The summed E-state index contributed by atoms with van der Waals surface area (Å²) in [6.45, 7) is 1.33. The van der Waals surface area contributed by atoms with Crippen molar-refractivity contribution in [2.45, 2.75) is 12.6 Å². The zero-order valence-corrected chi connectivity index (χ0v) is 10.1. The molecule has 1 atom stereocenters. The van der Waals surface area contributed by atoms with Gasteiger partial charge in [-0.05, 0) is 18.2 Å². The highest BCUT2D eigenvalue weighted by Crippen LogP contribution is 2.34. The van der Waals surface area contributed by atoms with Gasteiger partial charge in [0.15, 0.2) is 0 Å². The van der Waals surface area contributed by atoms with Crippen molar-refractivity contribution in [3.8, 4) is 11.5 Å². The molecule has 18 heavy (non-hydrogen) atoms. The van der Waals surface area contributed by atoms with Gasteiger partial charge in [-0.3, -0.25) is 4.68 Å². The summed E-state index contributed by atoms with van der Waals surface area (Å²) in [4.78, 5) is 0. The molecule has 1 aliphatic heterocycles. The average molecular weight is 245 g/mol. The third-order valence-electron chi connectivity index (χ3n) is 3.23. The van der Waals surface area contributed by atoms with E-state index in [1.807, 2.05) is 23.9 Å². The van der Waals surface area contributed by atoms with Crippen LogP contribution in [-0.4, -0.2) is 21.5 Å². The van der Waals surface area contributed by atoms with Gasteiger partial charge in [0.2, 0.25) is 0 Å². The molecule has 0 saturated heterocycles. The molecule has 0 radical (unpaired) electrons. The number of aromatic nitrogens is 2. The summed E-state index contributed by atoms with van der Waals surface area (Å²) < 4.78 is 7.39. The maximum absolute atomic E-state index is 9.39. The molecule has 0 amide bonds. The fourth-order valence-electron chi connectivity index (χ4n) is 2.17. The summed E-state index contributed by atoms with van der Waals surface area (Å²) in [7, 11) is 1.92. The van der Waals surface area contributed by atoms with Crippen LogP contribution in [0.25, 0.3) is 0 Å². The van der Waals surface area contributed by atoms with Crippen molar-refractivity contribution in [2.75, 3.05) is 6.61 Å². The Kier molecular flexibility index (Phi) is 2.68. The summed E-state index contributed by atoms with van der Waals surface area (Å²) >= 11 is 0. The van der Waals surface area contributed by atoms with Crippen molar-refractivity contribution in [1.82, 2.24) is 15.1 Å². The molecule has 1 aromatic heterocycles. The molecular weight excluding hydrogens is 230 g/mol. The maximum Gasteiger partial charge on any atom is 0.127 e. The first-order valence-corrected chi connectivity index (χ1v) is 5.90. The summed E-state index contributed by atoms with van der Waals surface area (Å²) in [5.41, 5.74) is 2.22. The van der Waals surface area contributed by atoms with E-state index in [-0.39, 0.29) is 11.8 Å². The van der Waals surface area contributed by atoms with E-state index in [2.05, 4.69) is 10.4 Å². The predicted molar refractivity (Wildman–Crippen MR) is 66.4 cm³/mol. The van der Waals surface area contributed by atoms with Crippen molar-refractivity contribution >= 4 is 0 Å². The third kappa shape index (κ3) is 1.93. The molecule has 0 saturated carbocycles. The molecule has 0 fully saturated rings. The fourth-order valence-corrected chi connectivity index (χ4v) is 2.17. The monoisotopic (exact) mass is 245 g/mol. The van der Waals surface area contributed by atoms with Gasteiger partial charge in [-0.25, -0.2) is 0 Å². The smallest absolute Gasteiger partial charge is 0.127 e. The first-order chi connectivity index (χ1) is 8.74. The molecule has 0 bridgehead atoms. The van der Waals surface area contributed by atoms with E-state index in [4.69, 9.17) is 4.74 Å². The molecule has 0 aliphatic carbocycles. The number of nitrogens with one attached hydrogen (secondary N) is 1. The molecule has 0 spiro atoms. The van der Waals surface area contributed by atoms with Crippen molar-refractivity contribution < 1.29 is 9.84 Å². The number of nitrogens with zero attached hydrogens (tertiary/aromatic N) is 2. The molecule has 1 unspecified atom stereocenters. The predicted octanol–water partition coefficient (Wildman–Crippen LogP) is 1.35. The normalized spacial score (nSPS) is 17.5. The number of hydrogen-bond acceptors (Lipinski definition) is 4. The Bertz CT molecular complexity index is 565. The molecular formula is C13H15N3O2. The minimum atomic E-state index is 0.162. The fraction of sp³-hybridized carbons (Fsp3) is 0.308. The second-order valence-electron chi connectivity index (χ2n) is 4.41. The van der Waals surface area contributed by atoms with Crippen LogP contribution in [0.4, 0.5) is 0 Å². The van der Waals surface area contributed by atoms with Gasteiger partial charge in [-0.2, -0.15) is 5.10 Å². The first-order valence-electron chi connectivity index (χ1n) is 5.90. The van der Waals surface area contributed by atoms with Gasteiger partial charge in [0.1, 0.15) is 18.1 Å². The number of phenols is 1. The topological polar surface area (TPSA) is 59.3 Å². The number of phenolic OH excluding ortho intramolecular Hbond substituents is 1. The Labute approximate surface area is 105 Å². The van der Waals surface area contributed by atoms with Crippen molar-refractivity contribution in [1.29, 1.82) is 0 Å². The van der Waals surface area contributed by atoms with Crippen LogP contribution in [0.2, 0.25) is 0 Å². The minimum absolute atomic E-state index is 0.162. The van der Waals surface area contributed by atoms with Crippen LogP contribution in [0.15, 0.2) is 30.5 Å². The SMILES string of the molecule is Cn1nccc1CNC1COc2cc(O)ccc21. The standard InChI is InChI=1S/C13H15N3O2/c1-16-9(4-5-15-16)7-14-12-8-18-13-6-10(17)2-3-11(12)13/h2-6,12,14,17H,7-8H2,1H3. The molecule has 2 heterocycles. The van der Waals surface area contributed by atoms with Gasteiger partial charge in [0, 0.05) is 31.4 Å². The highest BCUT2D eigenvalue weighted by molar-refractivity contribution is 5.44. The van der Waals surface area contributed by atoms with Crippen LogP contribution >= 0.6 is 0 Å². The van der Waals surface area contributed by atoms with Gasteiger partial charge in [0.25, 0.3) is 0 Å². The zero-order chi connectivity index (χ0) is 12.5. The van der Waals surface area contributed by atoms with Gasteiger partial charge >= 0.3 is 0 Å². The number of aromatic hydroxyl groups is 1. The molecule has 3 rings (SSSR count). The second kappa shape index (κ2) is 4.34. The van der Waals surface area contributed by atoms with Gasteiger partial charge < -0.3 is 15.2 Å². The van der Waals surface area contributed by atoms with Crippen molar-refractivity contribution in [2.24, 2.45) is 7.05 Å². The average Bonchev–Trinajstić information content (AvgIpc) is 2.93. The highest BCUT2D eigenvalue weighted by Gasteiger charge is 2.24. The Balaban J connectivity index is 1.71. The number of benzene rings is 1. The van der Waals surface area contributed by atoms with Gasteiger partial charge in [-0.1, -0.05) is 0 Å². The van der Waals surface area contributed by atoms with E-state index < -0.39 is 0 Å². The second-order valence-corrected chi connectivity index (χ2v) is 4.41. The van der Waals surface area contributed by atoms with Crippen LogP contribution < -0.4 is 10.1 Å². The van der Waals surface area contributed by atoms with Crippen LogP contribution in [0.5, 0.6) is 11.5 Å². The lowest BCUT2D eigenvalue weighted by Crippen LogP contribution is -2.23. The van der Waals surface area contributed by atoms with Crippen LogP contribution in [-0.2, 0) is 13.6 Å². The first kappa shape index (κ1) is 11.1. The number of ether oxygens (including phenoxy) is 1. The van der Waals surface area contributed by atoms with Crippen LogP contribution in [0.3, 0.4) is 0 Å². The van der Waals surface area contributed by atoms with Crippen molar-refractivity contribution in [3.63, 3.8) is 0 Å². The third-order valence-corrected chi connectivity index (χ3v) is 3.23. The number of aryl methyl sites for hydroxylation is 1.